The molecule has 1 aliphatic heterocycles. The lowest BCUT2D eigenvalue weighted by molar-refractivity contribution is -0.130. The molecule has 2 aromatic rings. The summed E-state index contributed by atoms with van der Waals surface area (Å²) in [4.78, 5) is 29.7. The maximum Gasteiger partial charge on any atom is 0.252 e. The van der Waals surface area contributed by atoms with Crippen molar-refractivity contribution in [2.24, 2.45) is 0 Å². The fourth-order valence-electron chi connectivity index (χ4n) is 4.04. The van der Waals surface area contributed by atoms with Gasteiger partial charge in [0.2, 0.25) is 5.91 Å². The van der Waals surface area contributed by atoms with Gasteiger partial charge in [0.15, 0.2) is 5.11 Å². The van der Waals surface area contributed by atoms with Crippen molar-refractivity contribution in [3.05, 3.63) is 65.2 Å². The van der Waals surface area contributed by atoms with Crippen LogP contribution in [0.4, 0.5) is 5.69 Å². The van der Waals surface area contributed by atoms with E-state index in [-0.39, 0.29) is 18.2 Å². The number of amides is 2. The number of carbonyl (C=O) groups excluding carboxylic acids is 2. The van der Waals surface area contributed by atoms with Crippen LogP contribution in [0.1, 0.15) is 51.0 Å². The van der Waals surface area contributed by atoms with Gasteiger partial charge in [0.05, 0.1) is 6.42 Å². The van der Waals surface area contributed by atoms with E-state index in [1.807, 2.05) is 35.2 Å². The summed E-state index contributed by atoms with van der Waals surface area (Å²) in [6.07, 6.45) is 6.40. The van der Waals surface area contributed by atoms with Crippen molar-refractivity contribution in [2.45, 2.75) is 57.9 Å². The maximum atomic E-state index is 13.3. The summed E-state index contributed by atoms with van der Waals surface area (Å²) in [6, 6.07) is 16.4. The first-order valence-corrected chi connectivity index (χ1v) is 12.5. The second kappa shape index (κ2) is 12.7. The first kappa shape index (κ1) is 25.2. The lowest BCUT2D eigenvalue weighted by atomic mass is 10.1. The van der Waals surface area contributed by atoms with Crippen LogP contribution in [0.2, 0.25) is 5.02 Å². The van der Waals surface area contributed by atoms with Crippen LogP contribution in [0, 0.1) is 0 Å². The predicted molar refractivity (Wildman–Crippen MR) is 138 cm³/mol. The first-order chi connectivity index (χ1) is 16.0. The average Bonchev–Trinajstić information content (AvgIpc) is 3.03. The zero-order valence-corrected chi connectivity index (χ0v) is 20.7. The van der Waals surface area contributed by atoms with Crippen LogP contribution in [0.15, 0.2) is 54.6 Å². The summed E-state index contributed by atoms with van der Waals surface area (Å²) >= 11 is 11.6. The molecule has 1 N–H and O–H groups in total. The van der Waals surface area contributed by atoms with Gasteiger partial charge in [-0.1, -0.05) is 74.5 Å². The van der Waals surface area contributed by atoms with Crippen LogP contribution < -0.4 is 5.32 Å². The molecule has 0 aromatic heterocycles. The Hall–Kier alpha value is -2.44. The van der Waals surface area contributed by atoms with E-state index in [0.717, 1.165) is 24.8 Å². The van der Waals surface area contributed by atoms with Crippen LogP contribution in [0.5, 0.6) is 0 Å². The van der Waals surface area contributed by atoms with E-state index in [2.05, 4.69) is 12.2 Å². The number of nitrogens with zero attached hydrogens (tertiary/aromatic N) is 2. The van der Waals surface area contributed by atoms with Crippen molar-refractivity contribution < 1.29 is 9.59 Å². The lowest BCUT2D eigenvalue weighted by Crippen LogP contribution is -2.38. The summed E-state index contributed by atoms with van der Waals surface area (Å²) in [7, 11) is 0. The van der Waals surface area contributed by atoms with E-state index in [0.29, 0.717) is 28.9 Å². The number of nitrogens with one attached hydrogen (secondary N) is 1. The minimum absolute atomic E-state index is 0.0679. The summed E-state index contributed by atoms with van der Waals surface area (Å²) in [5.41, 5.74) is 1.81. The van der Waals surface area contributed by atoms with Gasteiger partial charge in [0.25, 0.3) is 5.91 Å². The van der Waals surface area contributed by atoms with Crippen molar-refractivity contribution in [2.75, 3.05) is 18.4 Å². The molecule has 2 amide bonds. The van der Waals surface area contributed by atoms with E-state index in [1.165, 1.54) is 19.3 Å². The Morgan fingerprint density at radius 1 is 1.00 bits per heavy atom. The Morgan fingerprint density at radius 2 is 1.70 bits per heavy atom. The molecule has 176 valence electrons. The molecular weight excluding hydrogens is 454 g/mol. The minimum Gasteiger partial charge on any atom is -0.336 e. The van der Waals surface area contributed by atoms with Crippen LogP contribution in [-0.4, -0.2) is 45.9 Å². The van der Waals surface area contributed by atoms with Gasteiger partial charge in [-0.2, -0.15) is 0 Å². The minimum atomic E-state index is -0.563. The second-order valence-corrected chi connectivity index (χ2v) is 9.19. The molecule has 0 saturated carbocycles. The number of hydrogen-bond donors (Lipinski definition) is 1. The molecule has 7 heteroatoms. The zero-order chi connectivity index (χ0) is 23.6. The molecule has 0 bridgehead atoms. The van der Waals surface area contributed by atoms with E-state index in [1.54, 1.807) is 29.2 Å². The Kier molecular flexibility index (Phi) is 9.70. The molecule has 0 radical (unpaired) electrons. The highest BCUT2D eigenvalue weighted by Gasteiger charge is 2.42. The molecule has 1 atom stereocenters. The summed E-state index contributed by atoms with van der Waals surface area (Å²) in [5, 5.41) is 4.01. The van der Waals surface area contributed by atoms with Crippen LogP contribution >= 0.6 is 23.8 Å². The predicted octanol–water partition coefficient (Wildman–Crippen LogP) is 5.68. The third-order valence-corrected chi connectivity index (χ3v) is 6.59. The standard InChI is InChI=1S/C26H32ClN3O2S/c1-2-3-4-5-9-17-29-23(19-24(31)28-22-14-12-21(27)13-15-22)25(32)30(26(29)33)18-16-20-10-7-6-8-11-20/h6-8,10-15,23H,2-5,9,16-19H2,1H3,(H,28,31). The Balaban J connectivity index is 1.66. The number of carbonyl (C=O) groups is 2. The number of unbranched alkanes of at least 4 members (excludes halogenated alkanes) is 4. The molecule has 1 saturated heterocycles. The smallest absolute Gasteiger partial charge is 0.252 e. The van der Waals surface area contributed by atoms with E-state index in [4.69, 9.17) is 23.8 Å². The van der Waals surface area contributed by atoms with Crippen molar-refractivity contribution in [1.82, 2.24) is 9.80 Å². The SMILES string of the molecule is CCCCCCCN1C(=S)N(CCc2ccccc2)C(=O)C1CC(=O)Nc1ccc(Cl)cc1. The van der Waals surface area contributed by atoms with Crippen molar-refractivity contribution in [1.29, 1.82) is 0 Å². The molecule has 2 aromatic carbocycles. The van der Waals surface area contributed by atoms with Gasteiger partial charge in [-0.05, 0) is 54.9 Å². The highest BCUT2D eigenvalue weighted by atomic mass is 35.5. The first-order valence-electron chi connectivity index (χ1n) is 11.7. The molecule has 0 spiro atoms. The number of benzene rings is 2. The molecule has 3 rings (SSSR count). The normalized spacial score (nSPS) is 15.9. The van der Waals surface area contributed by atoms with Gasteiger partial charge < -0.3 is 10.2 Å². The third kappa shape index (κ3) is 7.27. The Bertz CT molecular complexity index is 936. The van der Waals surface area contributed by atoms with Gasteiger partial charge in [0.1, 0.15) is 6.04 Å². The number of thiocarbonyl (C=S) groups is 1. The van der Waals surface area contributed by atoms with Gasteiger partial charge in [-0.25, -0.2) is 0 Å². The fraction of sp³-hybridized carbons (Fsp3) is 0.423. The van der Waals surface area contributed by atoms with E-state index < -0.39 is 6.04 Å². The van der Waals surface area contributed by atoms with E-state index in [9.17, 15) is 9.59 Å². The number of hydrogen-bond acceptors (Lipinski definition) is 3. The van der Waals surface area contributed by atoms with Crippen molar-refractivity contribution in [3.63, 3.8) is 0 Å². The Labute approximate surface area is 207 Å². The largest absolute Gasteiger partial charge is 0.336 e. The molecule has 0 aliphatic carbocycles. The number of rotatable bonds is 12. The Morgan fingerprint density at radius 3 is 2.39 bits per heavy atom. The quantitative estimate of drug-likeness (QED) is 0.310. The molecule has 1 aliphatic rings. The molecule has 1 unspecified atom stereocenters. The third-order valence-electron chi connectivity index (χ3n) is 5.88. The average molecular weight is 486 g/mol. The molecule has 1 fully saturated rings. The number of halogens is 1. The maximum absolute atomic E-state index is 13.3. The van der Waals surface area contributed by atoms with Gasteiger partial charge in [0, 0.05) is 23.8 Å². The van der Waals surface area contributed by atoms with Crippen molar-refractivity contribution in [3.8, 4) is 0 Å². The molecular formula is C26H32ClN3O2S. The van der Waals surface area contributed by atoms with E-state index >= 15 is 0 Å². The molecule has 5 nitrogen and oxygen atoms in total. The van der Waals surface area contributed by atoms with Gasteiger partial charge in [-0.15, -0.1) is 0 Å². The second-order valence-electron chi connectivity index (χ2n) is 8.39. The topological polar surface area (TPSA) is 52.7 Å². The summed E-state index contributed by atoms with van der Waals surface area (Å²) in [6.45, 7) is 3.40. The summed E-state index contributed by atoms with van der Waals surface area (Å²) < 4.78 is 0. The summed E-state index contributed by atoms with van der Waals surface area (Å²) in [5.74, 6) is -0.296. The van der Waals surface area contributed by atoms with Crippen LogP contribution in [0.3, 0.4) is 0 Å². The highest BCUT2D eigenvalue weighted by molar-refractivity contribution is 7.80. The van der Waals surface area contributed by atoms with Gasteiger partial charge >= 0.3 is 0 Å². The highest BCUT2D eigenvalue weighted by Crippen LogP contribution is 2.23. The van der Waals surface area contributed by atoms with Crippen LogP contribution in [0.25, 0.3) is 0 Å². The van der Waals surface area contributed by atoms with Crippen LogP contribution in [-0.2, 0) is 16.0 Å². The molecule has 33 heavy (non-hydrogen) atoms. The van der Waals surface area contributed by atoms with Crippen molar-refractivity contribution >= 4 is 46.4 Å². The van der Waals surface area contributed by atoms with Gasteiger partial charge in [-0.3, -0.25) is 14.5 Å². The monoisotopic (exact) mass is 485 g/mol. The lowest BCUT2D eigenvalue weighted by Gasteiger charge is -2.24. The fourth-order valence-corrected chi connectivity index (χ4v) is 4.57. The zero-order valence-electron chi connectivity index (χ0n) is 19.1. The molecule has 1 heterocycles. The number of anilines is 1.